The van der Waals surface area contributed by atoms with Gasteiger partial charge in [-0.25, -0.2) is 4.79 Å². The van der Waals surface area contributed by atoms with Gasteiger partial charge in [0, 0.05) is 30.1 Å². The maximum atomic E-state index is 12.5. The van der Waals surface area contributed by atoms with Gasteiger partial charge in [0.05, 0.1) is 25.2 Å². The Balaban J connectivity index is 1.55. The molecule has 0 spiro atoms. The van der Waals surface area contributed by atoms with Crippen LogP contribution in [0, 0.1) is 0 Å². The van der Waals surface area contributed by atoms with Crippen LogP contribution in [0.3, 0.4) is 0 Å². The lowest BCUT2D eigenvalue weighted by atomic mass is 10.2. The summed E-state index contributed by atoms with van der Waals surface area (Å²) in [5.74, 6) is 0. The molecule has 2 aromatic heterocycles. The Labute approximate surface area is 140 Å². The van der Waals surface area contributed by atoms with Crippen molar-refractivity contribution in [1.29, 1.82) is 0 Å². The molecule has 1 atom stereocenters. The average molecular weight is 334 g/mol. The largest absolute Gasteiger partial charge is 0.472 e. The first-order valence-electron chi connectivity index (χ1n) is 7.99. The number of thiophene rings is 1. The van der Waals surface area contributed by atoms with E-state index in [1.807, 2.05) is 17.0 Å². The zero-order valence-electron chi connectivity index (χ0n) is 13.1. The van der Waals surface area contributed by atoms with Gasteiger partial charge < -0.3 is 19.4 Å². The number of rotatable bonds is 7. The first-order valence-corrected chi connectivity index (χ1v) is 8.87. The van der Waals surface area contributed by atoms with Crippen molar-refractivity contribution >= 4 is 17.4 Å². The summed E-state index contributed by atoms with van der Waals surface area (Å²) in [6, 6.07) is 5.99. The van der Waals surface area contributed by atoms with E-state index in [1.54, 1.807) is 23.9 Å². The Morgan fingerprint density at radius 2 is 2.39 bits per heavy atom. The molecule has 2 amide bonds. The molecule has 124 valence electrons. The Hall–Kier alpha value is -1.79. The standard InChI is InChI=1S/C17H22N2O3S/c20-17(18-11-15-3-1-8-22-15)19(12-14-6-9-21-13-14)7-5-16-4-2-10-23-16/h2,4,6,9-10,13,15H,1,3,5,7-8,11-12H2,(H,18,20)/t15-/m0/s1. The van der Waals surface area contributed by atoms with Gasteiger partial charge in [0.2, 0.25) is 0 Å². The first kappa shape index (κ1) is 16.1. The van der Waals surface area contributed by atoms with Crippen molar-refractivity contribution in [2.45, 2.75) is 31.9 Å². The van der Waals surface area contributed by atoms with Crippen molar-refractivity contribution in [3.63, 3.8) is 0 Å². The molecule has 1 aliphatic heterocycles. The van der Waals surface area contributed by atoms with E-state index in [4.69, 9.17) is 9.15 Å². The van der Waals surface area contributed by atoms with Crippen LogP contribution in [0.25, 0.3) is 0 Å². The van der Waals surface area contributed by atoms with Crippen molar-refractivity contribution < 1.29 is 13.9 Å². The lowest BCUT2D eigenvalue weighted by Crippen LogP contribution is -2.43. The predicted octanol–water partition coefficient (Wildman–Crippen LogP) is 3.27. The summed E-state index contributed by atoms with van der Waals surface area (Å²) < 4.78 is 10.7. The molecule has 0 aliphatic carbocycles. The van der Waals surface area contributed by atoms with E-state index in [2.05, 4.69) is 16.8 Å². The van der Waals surface area contributed by atoms with Gasteiger partial charge in [0.25, 0.3) is 0 Å². The second-order valence-electron chi connectivity index (χ2n) is 5.70. The lowest BCUT2D eigenvalue weighted by Gasteiger charge is -2.23. The van der Waals surface area contributed by atoms with E-state index >= 15 is 0 Å². The molecule has 1 N–H and O–H groups in total. The van der Waals surface area contributed by atoms with Crippen molar-refractivity contribution in [2.75, 3.05) is 19.7 Å². The number of hydrogen-bond donors (Lipinski definition) is 1. The van der Waals surface area contributed by atoms with E-state index in [-0.39, 0.29) is 12.1 Å². The molecule has 0 aromatic carbocycles. The number of carbonyl (C=O) groups excluding carboxylic acids is 1. The maximum Gasteiger partial charge on any atom is 0.317 e. The lowest BCUT2D eigenvalue weighted by molar-refractivity contribution is 0.108. The maximum absolute atomic E-state index is 12.5. The van der Waals surface area contributed by atoms with Crippen molar-refractivity contribution in [3.05, 3.63) is 46.5 Å². The molecule has 2 aromatic rings. The van der Waals surface area contributed by atoms with Gasteiger partial charge in [0.1, 0.15) is 0 Å². The summed E-state index contributed by atoms with van der Waals surface area (Å²) in [6.07, 6.45) is 6.45. The monoisotopic (exact) mass is 334 g/mol. The number of urea groups is 1. The van der Waals surface area contributed by atoms with Crippen LogP contribution < -0.4 is 5.32 Å². The van der Waals surface area contributed by atoms with Crippen LogP contribution in [0.15, 0.2) is 40.5 Å². The third-order valence-corrected chi connectivity index (χ3v) is 4.89. The SMILES string of the molecule is O=C(NC[C@@H]1CCCO1)N(CCc1cccs1)Cc1ccoc1. The van der Waals surface area contributed by atoms with Crippen LogP contribution in [0.5, 0.6) is 0 Å². The summed E-state index contributed by atoms with van der Waals surface area (Å²) in [6.45, 7) is 2.62. The highest BCUT2D eigenvalue weighted by atomic mass is 32.1. The number of carbonyl (C=O) groups is 1. The molecule has 1 saturated heterocycles. The summed E-state index contributed by atoms with van der Waals surface area (Å²) in [4.78, 5) is 15.6. The smallest absolute Gasteiger partial charge is 0.317 e. The number of amides is 2. The number of nitrogens with one attached hydrogen (secondary N) is 1. The Morgan fingerprint density at radius 3 is 3.09 bits per heavy atom. The van der Waals surface area contributed by atoms with E-state index in [0.717, 1.165) is 31.4 Å². The van der Waals surface area contributed by atoms with Crippen LogP contribution in [0.1, 0.15) is 23.3 Å². The summed E-state index contributed by atoms with van der Waals surface area (Å²) in [7, 11) is 0. The number of furan rings is 1. The normalized spacial score (nSPS) is 17.3. The molecule has 3 rings (SSSR count). The van der Waals surface area contributed by atoms with Gasteiger partial charge >= 0.3 is 6.03 Å². The van der Waals surface area contributed by atoms with Crippen molar-refractivity contribution in [1.82, 2.24) is 10.2 Å². The van der Waals surface area contributed by atoms with E-state index in [1.165, 1.54) is 4.88 Å². The zero-order valence-corrected chi connectivity index (χ0v) is 13.9. The quantitative estimate of drug-likeness (QED) is 0.845. The van der Waals surface area contributed by atoms with Gasteiger partial charge in [-0.05, 0) is 36.8 Å². The van der Waals surface area contributed by atoms with Crippen molar-refractivity contribution in [3.8, 4) is 0 Å². The minimum atomic E-state index is -0.0433. The molecular formula is C17H22N2O3S. The van der Waals surface area contributed by atoms with Crippen LogP contribution >= 0.6 is 11.3 Å². The molecule has 1 aliphatic rings. The second-order valence-corrected chi connectivity index (χ2v) is 6.74. The van der Waals surface area contributed by atoms with Gasteiger partial charge in [-0.2, -0.15) is 0 Å². The third kappa shape index (κ3) is 4.84. The number of hydrogen-bond acceptors (Lipinski definition) is 4. The summed E-state index contributed by atoms with van der Waals surface area (Å²) >= 11 is 1.72. The highest BCUT2D eigenvalue weighted by Crippen LogP contribution is 2.13. The van der Waals surface area contributed by atoms with Gasteiger partial charge in [-0.3, -0.25) is 0 Å². The van der Waals surface area contributed by atoms with Crippen molar-refractivity contribution in [2.24, 2.45) is 0 Å². The summed E-state index contributed by atoms with van der Waals surface area (Å²) in [5.41, 5.74) is 1.00. The third-order valence-electron chi connectivity index (χ3n) is 3.95. The molecule has 0 radical (unpaired) electrons. The van der Waals surface area contributed by atoms with Crippen LogP contribution in [0.4, 0.5) is 4.79 Å². The number of ether oxygens (including phenoxy) is 1. The minimum absolute atomic E-state index is 0.0433. The fraction of sp³-hybridized carbons (Fsp3) is 0.471. The molecule has 6 heteroatoms. The average Bonchev–Trinajstić information content (AvgIpc) is 3.32. The molecule has 0 unspecified atom stereocenters. The van der Waals surface area contributed by atoms with E-state index < -0.39 is 0 Å². The fourth-order valence-corrected chi connectivity index (χ4v) is 3.37. The highest BCUT2D eigenvalue weighted by molar-refractivity contribution is 7.09. The van der Waals surface area contributed by atoms with E-state index in [9.17, 15) is 4.79 Å². The second kappa shape index (κ2) is 8.17. The molecule has 23 heavy (non-hydrogen) atoms. The Morgan fingerprint density at radius 1 is 1.43 bits per heavy atom. The molecule has 0 bridgehead atoms. The molecule has 5 nitrogen and oxygen atoms in total. The molecule has 1 fully saturated rings. The Bertz CT molecular complexity index is 577. The van der Waals surface area contributed by atoms with Gasteiger partial charge in [-0.1, -0.05) is 6.07 Å². The van der Waals surface area contributed by atoms with Gasteiger partial charge in [-0.15, -0.1) is 11.3 Å². The molecule has 3 heterocycles. The highest BCUT2D eigenvalue weighted by Gasteiger charge is 2.19. The summed E-state index contributed by atoms with van der Waals surface area (Å²) in [5, 5.41) is 5.06. The Kier molecular flexibility index (Phi) is 5.71. The van der Waals surface area contributed by atoms with E-state index in [0.29, 0.717) is 19.6 Å². The predicted molar refractivity (Wildman–Crippen MR) is 89.5 cm³/mol. The number of nitrogens with zero attached hydrogens (tertiary/aromatic N) is 1. The molecule has 0 saturated carbocycles. The van der Waals surface area contributed by atoms with Crippen LogP contribution in [-0.2, 0) is 17.7 Å². The fourth-order valence-electron chi connectivity index (χ4n) is 2.67. The van der Waals surface area contributed by atoms with Crippen LogP contribution in [0.2, 0.25) is 0 Å². The van der Waals surface area contributed by atoms with Crippen LogP contribution in [-0.4, -0.2) is 36.7 Å². The first-order chi connectivity index (χ1) is 11.3. The molecular weight excluding hydrogens is 312 g/mol. The minimum Gasteiger partial charge on any atom is -0.472 e. The zero-order chi connectivity index (χ0) is 15.9. The topological polar surface area (TPSA) is 54.7 Å². The van der Waals surface area contributed by atoms with Gasteiger partial charge in [0.15, 0.2) is 0 Å².